The van der Waals surface area contributed by atoms with Crippen molar-refractivity contribution < 1.29 is 4.79 Å². The number of amides is 2. The summed E-state index contributed by atoms with van der Waals surface area (Å²) >= 11 is 0. The molecule has 1 aliphatic rings. The highest BCUT2D eigenvalue weighted by molar-refractivity contribution is 5.73. The van der Waals surface area contributed by atoms with Crippen LogP contribution in [0, 0.1) is 6.92 Å². The molecule has 5 heteroatoms. The Bertz CT molecular complexity index is 695. The summed E-state index contributed by atoms with van der Waals surface area (Å²) in [5.74, 6) is 1.01. The van der Waals surface area contributed by atoms with E-state index in [2.05, 4.69) is 32.7 Å². The van der Waals surface area contributed by atoms with Crippen molar-refractivity contribution in [1.29, 1.82) is 0 Å². The molecule has 1 aromatic carbocycles. The van der Waals surface area contributed by atoms with E-state index in [0.717, 1.165) is 30.0 Å². The van der Waals surface area contributed by atoms with Gasteiger partial charge in [0.05, 0.1) is 0 Å². The standard InChI is InChI=1S/C19H24N4O/c1-15-5-4-6-16(11-15)13-21-19(24)22-14-17-7-8-20-18(12-17)23-9-2-3-10-23/h4-8,11-12H,2-3,9-10,13-14H2,1H3,(H2,21,22,24). The lowest BCUT2D eigenvalue weighted by Gasteiger charge is -2.17. The number of hydrogen-bond acceptors (Lipinski definition) is 3. The van der Waals surface area contributed by atoms with Crippen LogP contribution in [0.3, 0.4) is 0 Å². The van der Waals surface area contributed by atoms with Crippen molar-refractivity contribution in [1.82, 2.24) is 15.6 Å². The third-order valence-electron chi connectivity index (χ3n) is 4.23. The Morgan fingerprint density at radius 1 is 1.08 bits per heavy atom. The third kappa shape index (κ3) is 4.47. The molecule has 1 fully saturated rings. The van der Waals surface area contributed by atoms with Crippen LogP contribution in [0.1, 0.15) is 29.5 Å². The number of anilines is 1. The van der Waals surface area contributed by atoms with Gasteiger partial charge in [0, 0.05) is 32.4 Å². The number of carbonyl (C=O) groups excluding carboxylic acids is 1. The SMILES string of the molecule is Cc1cccc(CNC(=O)NCc2ccnc(N3CCCC3)c2)c1. The Morgan fingerprint density at radius 2 is 1.79 bits per heavy atom. The van der Waals surface area contributed by atoms with Gasteiger partial charge in [-0.1, -0.05) is 29.8 Å². The summed E-state index contributed by atoms with van der Waals surface area (Å²) < 4.78 is 0. The Labute approximate surface area is 143 Å². The molecule has 0 radical (unpaired) electrons. The number of rotatable bonds is 5. The fourth-order valence-electron chi connectivity index (χ4n) is 2.94. The molecule has 24 heavy (non-hydrogen) atoms. The maximum Gasteiger partial charge on any atom is 0.315 e. The summed E-state index contributed by atoms with van der Waals surface area (Å²) in [7, 11) is 0. The predicted octanol–water partition coefficient (Wildman–Crippen LogP) is 2.99. The quantitative estimate of drug-likeness (QED) is 0.889. The Morgan fingerprint density at radius 3 is 2.50 bits per heavy atom. The highest BCUT2D eigenvalue weighted by atomic mass is 16.2. The Kier molecular flexibility index (Phi) is 5.31. The molecule has 2 N–H and O–H groups in total. The van der Waals surface area contributed by atoms with Gasteiger partial charge >= 0.3 is 6.03 Å². The van der Waals surface area contributed by atoms with E-state index < -0.39 is 0 Å². The van der Waals surface area contributed by atoms with Crippen molar-refractivity contribution in [2.45, 2.75) is 32.9 Å². The van der Waals surface area contributed by atoms with E-state index in [1.54, 1.807) is 0 Å². The molecule has 2 heterocycles. The number of aryl methyl sites for hydroxylation is 1. The number of aromatic nitrogens is 1. The van der Waals surface area contributed by atoms with Crippen molar-refractivity contribution in [3.8, 4) is 0 Å². The molecule has 0 saturated carbocycles. The first-order valence-corrected chi connectivity index (χ1v) is 8.48. The average Bonchev–Trinajstić information content (AvgIpc) is 3.13. The second-order valence-corrected chi connectivity index (χ2v) is 6.24. The van der Waals surface area contributed by atoms with Gasteiger partial charge in [0.1, 0.15) is 5.82 Å². The fourth-order valence-corrected chi connectivity index (χ4v) is 2.94. The van der Waals surface area contributed by atoms with E-state index in [9.17, 15) is 4.79 Å². The zero-order valence-electron chi connectivity index (χ0n) is 14.1. The molecule has 0 unspecified atom stereocenters. The van der Waals surface area contributed by atoms with Gasteiger partial charge < -0.3 is 15.5 Å². The number of benzene rings is 1. The highest BCUT2D eigenvalue weighted by Crippen LogP contribution is 2.18. The topological polar surface area (TPSA) is 57.3 Å². The number of nitrogens with zero attached hydrogens (tertiary/aromatic N) is 2. The first kappa shape index (κ1) is 16.3. The fraction of sp³-hybridized carbons (Fsp3) is 0.368. The van der Waals surface area contributed by atoms with E-state index >= 15 is 0 Å². The van der Waals surface area contributed by atoms with E-state index in [1.807, 2.05) is 37.4 Å². The molecule has 2 amide bonds. The minimum absolute atomic E-state index is 0.156. The molecule has 126 valence electrons. The maximum atomic E-state index is 12.0. The van der Waals surface area contributed by atoms with Gasteiger partial charge in [0.25, 0.3) is 0 Å². The van der Waals surface area contributed by atoms with Crippen LogP contribution in [0.25, 0.3) is 0 Å². The van der Waals surface area contributed by atoms with Gasteiger partial charge in [-0.05, 0) is 43.0 Å². The molecule has 0 spiro atoms. The maximum absolute atomic E-state index is 12.0. The third-order valence-corrected chi connectivity index (χ3v) is 4.23. The zero-order valence-corrected chi connectivity index (χ0v) is 14.1. The number of pyridine rings is 1. The van der Waals surface area contributed by atoms with E-state index in [0.29, 0.717) is 13.1 Å². The van der Waals surface area contributed by atoms with Crippen LogP contribution in [-0.2, 0) is 13.1 Å². The van der Waals surface area contributed by atoms with Crippen molar-refractivity contribution in [2.24, 2.45) is 0 Å². The first-order chi connectivity index (χ1) is 11.7. The number of urea groups is 1. The Hall–Kier alpha value is -2.56. The van der Waals surface area contributed by atoms with Crippen molar-refractivity contribution in [2.75, 3.05) is 18.0 Å². The molecule has 1 aromatic heterocycles. The van der Waals surface area contributed by atoms with Gasteiger partial charge in [-0.2, -0.15) is 0 Å². The summed E-state index contributed by atoms with van der Waals surface area (Å²) in [5.41, 5.74) is 3.36. The number of nitrogens with one attached hydrogen (secondary N) is 2. The average molecular weight is 324 g/mol. The van der Waals surface area contributed by atoms with Crippen molar-refractivity contribution in [3.05, 3.63) is 59.3 Å². The molecule has 1 saturated heterocycles. The molecule has 1 aliphatic heterocycles. The lowest BCUT2D eigenvalue weighted by molar-refractivity contribution is 0.240. The largest absolute Gasteiger partial charge is 0.357 e. The summed E-state index contributed by atoms with van der Waals surface area (Å²) in [4.78, 5) is 18.7. The minimum atomic E-state index is -0.156. The summed E-state index contributed by atoms with van der Waals surface area (Å²) in [6.07, 6.45) is 4.27. The van der Waals surface area contributed by atoms with Gasteiger partial charge in [0.2, 0.25) is 0 Å². The smallest absolute Gasteiger partial charge is 0.315 e. The summed E-state index contributed by atoms with van der Waals surface area (Å²) in [5, 5.41) is 5.80. The zero-order chi connectivity index (χ0) is 16.8. The van der Waals surface area contributed by atoms with Crippen LogP contribution in [-0.4, -0.2) is 24.1 Å². The molecule has 0 atom stereocenters. The lowest BCUT2D eigenvalue weighted by Crippen LogP contribution is -2.34. The van der Waals surface area contributed by atoms with Crippen LogP contribution in [0.15, 0.2) is 42.6 Å². The van der Waals surface area contributed by atoms with Gasteiger partial charge in [-0.15, -0.1) is 0 Å². The molecular formula is C19H24N4O. The predicted molar refractivity (Wildman–Crippen MR) is 95.9 cm³/mol. The Balaban J connectivity index is 1.48. The first-order valence-electron chi connectivity index (χ1n) is 8.48. The molecule has 0 aliphatic carbocycles. The highest BCUT2D eigenvalue weighted by Gasteiger charge is 2.13. The van der Waals surface area contributed by atoms with Crippen LogP contribution in [0.5, 0.6) is 0 Å². The normalized spacial score (nSPS) is 13.8. The summed E-state index contributed by atoms with van der Waals surface area (Å²) in [6, 6.07) is 12.0. The van der Waals surface area contributed by atoms with Crippen molar-refractivity contribution >= 4 is 11.8 Å². The molecule has 3 rings (SSSR count). The molecule has 0 bridgehead atoms. The van der Waals surface area contributed by atoms with Gasteiger partial charge in [-0.25, -0.2) is 9.78 Å². The van der Waals surface area contributed by atoms with Crippen LogP contribution >= 0.6 is 0 Å². The van der Waals surface area contributed by atoms with Gasteiger partial charge in [0.15, 0.2) is 0 Å². The molecule has 2 aromatic rings. The lowest BCUT2D eigenvalue weighted by atomic mass is 10.1. The number of carbonyl (C=O) groups is 1. The second kappa shape index (κ2) is 7.81. The minimum Gasteiger partial charge on any atom is -0.357 e. The van der Waals surface area contributed by atoms with E-state index in [1.165, 1.54) is 18.4 Å². The van der Waals surface area contributed by atoms with Crippen LogP contribution in [0.4, 0.5) is 10.6 Å². The second-order valence-electron chi connectivity index (χ2n) is 6.24. The summed E-state index contributed by atoms with van der Waals surface area (Å²) in [6.45, 7) is 5.22. The van der Waals surface area contributed by atoms with Crippen LogP contribution < -0.4 is 15.5 Å². The monoisotopic (exact) mass is 324 g/mol. The number of hydrogen-bond donors (Lipinski definition) is 2. The van der Waals surface area contributed by atoms with Gasteiger partial charge in [-0.3, -0.25) is 0 Å². The van der Waals surface area contributed by atoms with Crippen LogP contribution in [0.2, 0.25) is 0 Å². The van der Waals surface area contributed by atoms with E-state index in [-0.39, 0.29) is 6.03 Å². The van der Waals surface area contributed by atoms with Crippen molar-refractivity contribution in [3.63, 3.8) is 0 Å². The molecule has 5 nitrogen and oxygen atoms in total. The van der Waals surface area contributed by atoms with E-state index in [4.69, 9.17) is 0 Å². The molecular weight excluding hydrogens is 300 g/mol.